The maximum absolute atomic E-state index is 12.2. The molecule has 0 amide bonds. The summed E-state index contributed by atoms with van der Waals surface area (Å²) in [4.78, 5) is 13.6. The number of hydrogen-bond donors (Lipinski definition) is 3. The zero-order valence-corrected chi connectivity index (χ0v) is 12.9. The molecule has 1 aliphatic rings. The minimum Gasteiger partial charge on any atom is -0.477 e. The predicted molar refractivity (Wildman–Crippen MR) is 76.7 cm³/mol. The second kappa shape index (κ2) is 5.34. The molecule has 0 unspecified atom stereocenters. The molecule has 1 aromatic rings. The Balaban J connectivity index is 2.21. The Kier molecular flexibility index (Phi) is 4.02. The first-order valence-corrected chi connectivity index (χ1v) is 9.62. The molecule has 0 aliphatic carbocycles. The fourth-order valence-corrected chi connectivity index (χ4v) is 5.53. The van der Waals surface area contributed by atoms with Crippen molar-refractivity contribution >= 4 is 31.5 Å². The molecule has 0 radical (unpaired) electrons. The van der Waals surface area contributed by atoms with E-state index in [0.29, 0.717) is 5.69 Å². The van der Waals surface area contributed by atoms with E-state index < -0.39 is 31.1 Å². The molecule has 1 fully saturated rings. The monoisotopic (exact) mass is 336 g/mol. The van der Waals surface area contributed by atoms with E-state index in [4.69, 9.17) is 5.11 Å². The molecule has 8 nitrogen and oxygen atoms in total. The number of aromatic nitrogens is 1. The molecule has 2 heterocycles. The number of anilines is 1. The summed E-state index contributed by atoms with van der Waals surface area (Å²) in [6, 6.07) is 1.39. The van der Waals surface area contributed by atoms with E-state index in [9.17, 15) is 21.6 Å². The zero-order valence-electron chi connectivity index (χ0n) is 11.3. The topological polar surface area (TPSA) is 133 Å². The molecule has 0 bridgehead atoms. The number of carbonyl (C=O) groups is 1. The Labute approximate surface area is 122 Å². The van der Waals surface area contributed by atoms with E-state index in [1.54, 1.807) is 6.92 Å². The number of hydrogen-bond acceptors (Lipinski definition) is 5. The second-order valence-electron chi connectivity index (χ2n) is 5.04. The summed E-state index contributed by atoms with van der Waals surface area (Å²) in [7, 11) is -6.99. The fourth-order valence-electron chi connectivity index (χ4n) is 2.25. The van der Waals surface area contributed by atoms with Crippen LogP contribution in [0.3, 0.4) is 0 Å². The first-order valence-electron chi connectivity index (χ1n) is 6.26. The number of aromatic carboxylic acids is 1. The van der Waals surface area contributed by atoms with Gasteiger partial charge in [0.15, 0.2) is 0 Å². The summed E-state index contributed by atoms with van der Waals surface area (Å²) in [5.74, 6) is -1.61. The lowest BCUT2D eigenvalue weighted by Crippen LogP contribution is -2.36. The standard InChI is InChI=1S/C11H16N2O6S2/c1-7-6-9(10(12-7)11(14)15)13-21(18,19)8-2-4-20(16,17)5-3-8/h6,8,12-13H,2-5H2,1H3,(H,14,15). The largest absolute Gasteiger partial charge is 0.477 e. The molecule has 118 valence electrons. The summed E-state index contributed by atoms with van der Waals surface area (Å²) >= 11 is 0. The molecule has 1 aromatic heterocycles. The van der Waals surface area contributed by atoms with Crippen LogP contribution in [0, 0.1) is 6.92 Å². The lowest BCUT2D eigenvalue weighted by molar-refractivity contribution is 0.0692. The number of carboxylic acids is 1. The predicted octanol–water partition coefficient (Wildman–Crippen LogP) is 0.340. The van der Waals surface area contributed by atoms with Crippen LogP contribution in [-0.2, 0) is 19.9 Å². The summed E-state index contributed by atoms with van der Waals surface area (Å²) in [5, 5.41) is 8.17. The van der Waals surface area contributed by atoms with Crippen LogP contribution in [0.2, 0.25) is 0 Å². The van der Waals surface area contributed by atoms with Gasteiger partial charge in [0.05, 0.1) is 22.4 Å². The molecule has 3 N–H and O–H groups in total. The van der Waals surface area contributed by atoms with Crippen molar-refractivity contribution in [2.45, 2.75) is 25.0 Å². The number of aryl methyl sites for hydroxylation is 1. The molecule has 0 spiro atoms. The highest BCUT2D eigenvalue weighted by molar-refractivity contribution is 7.94. The van der Waals surface area contributed by atoms with Crippen molar-refractivity contribution in [2.24, 2.45) is 0 Å². The van der Waals surface area contributed by atoms with Crippen LogP contribution in [-0.4, -0.2) is 49.7 Å². The molecular formula is C11H16N2O6S2. The molecular weight excluding hydrogens is 320 g/mol. The van der Waals surface area contributed by atoms with Crippen LogP contribution in [0.15, 0.2) is 6.07 Å². The van der Waals surface area contributed by atoms with E-state index in [-0.39, 0.29) is 35.7 Å². The van der Waals surface area contributed by atoms with Gasteiger partial charge in [0.25, 0.3) is 0 Å². The van der Waals surface area contributed by atoms with E-state index >= 15 is 0 Å². The van der Waals surface area contributed by atoms with Gasteiger partial charge in [0, 0.05) is 5.69 Å². The minimum absolute atomic E-state index is 0.0173. The number of sulfonamides is 1. The fraction of sp³-hybridized carbons (Fsp3) is 0.545. The molecule has 2 rings (SSSR count). The van der Waals surface area contributed by atoms with Crippen molar-refractivity contribution in [3.63, 3.8) is 0 Å². The zero-order chi connectivity index (χ0) is 15.8. The normalized spacial score (nSPS) is 19.3. The summed E-state index contributed by atoms with van der Waals surface area (Å²) in [6.45, 7) is 1.61. The van der Waals surface area contributed by atoms with E-state index in [0.717, 1.165) is 0 Å². The average molecular weight is 336 g/mol. The minimum atomic E-state index is -3.83. The summed E-state index contributed by atoms with van der Waals surface area (Å²) in [6.07, 6.45) is 0.0347. The molecule has 1 saturated heterocycles. The van der Waals surface area contributed by atoms with Gasteiger partial charge in [-0.15, -0.1) is 0 Å². The van der Waals surface area contributed by atoms with Crippen LogP contribution >= 0.6 is 0 Å². The van der Waals surface area contributed by atoms with Crippen molar-refractivity contribution in [2.75, 3.05) is 16.2 Å². The van der Waals surface area contributed by atoms with Gasteiger partial charge in [-0.2, -0.15) is 0 Å². The molecule has 21 heavy (non-hydrogen) atoms. The molecule has 10 heteroatoms. The Morgan fingerprint density at radius 2 is 1.95 bits per heavy atom. The number of sulfone groups is 1. The maximum atomic E-state index is 12.2. The number of rotatable bonds is 4. The van der Waals surface area contributed by atoms with Crippen molar-refractivity contribution in [1.82, 2.24) is 4.98 Å². The highest BCUT2D eigenvalue weighted by Crippen LogP contribution is 2.24. The SMILES string of the molecule is Cc1cc(NS(=O)(=O)C2CCS(=O)(=O)CC2)c(C(=O)O)[nH]1. The Hall–Kier alpha value is -1.55. The first-order chi connectivity index (χ1) is 9.61. The highest BCUT2D eigenvalue weighted by Gasteiger charge is 2.33. The van der Waals surface area contributed by atoms with E-state index in [2.05, 4.69) is 9.71 Å². The third-order valence-corrected chi connectivity index (χ3v) is 6.93. The first kappa shape index (κ1) is 15.8. The average Bonchev–Trinajstić information content (AvgIpc) is 2.69. The van der Waals surface area contributed by atoms with Crippen molar-refractivity contribution in [1.29, 1.82) is 0 Å². The van der Waals surface area contributed by atoms with Gasteiger partial charge in [-0.25, -0.2) is 21.6 Å². The Morgan fingerprint density at radius 3 is 2.48 bits per heavy atom. The second-order valence-corrected chi connectivity index (χ2v) is 9.31. The van der Waals surface area contributed by atoms with Crippen molar-refractivity contribution in [3.05, 3.63) is 17.5 Å². The smallest absolute Gasteiger partial charge is 0.354 e. The molecule has 0 atom stereocenters. The van der Waals surface area contributed by atoms with Gasteiger partial charge in [-0.05, 0) is 25.8 Å². The van der Waals surface area contributed by atoms with Gasteiger partial charge in [-0.3, -0.25) is 4.72 Å². The molecule has 1 aliphatic heterocycles. The van der Waals surface area contributed by atoms with Gasteiger partial charge >= 0.3 is 5.97 Å². The lowest BCUT2D eigenvalue weighted by Gasteiger charge is -2.22. The van der Waals surface area contributed by atoms with Gasteiger partial charge in [-0.1, -0.05) is 0 Å². The number of nitrogens with one attached hydrogen (secondary N) is 2. The van der Waals surface area contributed by atoms with Crippen LogP contribution < -0.4 is 4.72 Å². The molecule has 0 saturated carbocycles. The third kappa shape index (κ3) is 3.56. The van der Waals surface area contributed by atoms with Gasteiger partial charge < -0.3 is 10.1 Å². The lowest BCUT2D eigenvalue weighted by atomic mass is 10.2. The van der Waals surface area contributed by atoms with Crippen LogP contribution in [0.5, 0.6) is 0 Å². The third-order valence-electron chi connectivity index (χ3n) is 3.36. The van der Waals surface area contributed by atoms with Crippen LogP contribution in [0.1, 0.15) is 29.0 Å². The highest BCUT2D eigenvalue weighted by atomic mass is 32.2. The Bertz CT molecular complexity index is 749. The Morgan fingerprint density at radius 1 is 1.38 bits per heavy atom. The number of H-pyrrole nitrogens is 1. The van der Waals surface area contributed by atoms with Crippen molar-refractivity contribution < 1.29 is 26.7 Å². The van der Waals surface area contributed by atoms with Gasteiger partial charge in [0.1, 0.15) is 15.5 Å². The van der Waals surface area contributed by atoms with Crippen LogP contribution in [0.4, 0.5) is 5.69 Å². The van der Waals surface area contributed by atoms with Gasteiger partial charge in [0.2, 0.25) is 10.0 Å². The quantitative estimate of drug-likeness (QED) is 0.726. The maximum Gasteiger partial charge on any atom is 0.354 e. The summed E-state index contributed by atoms with van der Waals surface area (Å²) < 4.78 is 49.4. The van der Waals surface area contributed by atoms with Crippen LogP contribution in [0.25, 0.3) is 0 Å². The molecule has 0 aromatic carbocycles. The van der Waals surface area contributed by atoms with E-state index in [1.165, 1.54) is 6.07 Å². The number of carboxylic acid groups (broad SMARTS) is 1. The number of aromatic amines is 1. The van der Waals surface area contributed by atoms with Crippen molar-refractivity contribution in [3.8, 4) is 0 Å². The van der Waals surface area contributed by atoms with E-state index in [1.807, 2.05) is 0 Å². The summed E-state index contributed by atoms with van der Waals surface area (Å²) in [5.41, 5.74) is 0.240.